The molecule has 0 saturated carbocycles. The van der Waals surface area contributed by atoms with Gasteiger partial charge in [0.1, 0.15) is 0 Å². The normalized spacial score (nSPS) is 17.7. The average Bonchev–Trinajstić information content (AvgIpc) is 3.02. The van der Waals surface area contributed by atoms with Crippen molar-refractivity contribution < 1.29 is 9.90 Å². The van der Waals surface area contributed by atoms with Crippen molar-refractivity contribution in [1.82, 2.24) is 4.90 Å². The Morgan fingerprint density at radius 1 is 1.36 bits per heavy atom. The lowest BCUT2D eigenvalue weighted by molar-refractivity contribution is 0.0787. The molecule has 122 valence electrons. The van der Waals surface area contributed by atoms with Gasteiger partial charge in [-0.05, 0) is 43.7 Å². The number of rotatable bonds is 8. The van der Waals surface area contributed by atoms with Crippen LogP contribution in [0.4, 0.5) is 5.69 Å². The molecule has 0 aromatic heterocycles. The molecule has 1 aromatic carbocycles. The summed E-state index contributed by atoms with van der Waals surface area (Å²) in [6, 6.07) is 7.80. The zero-order chi connectivity index (χ0) is 15.8. The van der Waals surface area contributed by atoms with E-state index in [1.54, 1.807) is 0 Å². The lowest BCUT2D eigenvalue weighted by Crippen LogP contribution is -2.29. The SMILES string of the molecule is CCCCNc1ccccc1C(=O)N1CC[C@@H](CCCO)C1. The number of amides is 1. The summed E-state index contributed by atoms with van der Waals surface area (Å²) in [7, 11) is 0. The van der Waals surface area contributed by atoms with Gasteiger partial charge in [-0.25, -0.2) is 0 Å². The van der Waals surface area contributed by atoms with E-state index in [1.807, 2.05) is 29.2 Å². The van der Waals surface area contributed by atoms with E-state index in [-0.39, 0.29) is 12.5 Å². The van der Waals surface area contributed by atoms with Gasteiger partial charge in [-0.15, -0.1) is 0 Å². The van der Waals surface area contributed by atoms with Gasteiger partial charge in [0.15, 0.2) is 0 Å². The van der Waals surface area contributed by atoms with Crippen molar-refractivity contribution in [3.8, 4) is 0 Å². The van der Waals surface area contributed by atoms with E-state index in [4.69, 9.17) is 5.11 Å². The number of benzene rings is 1. The first-order chi connectivity index (χ1) is 10.8. The van der Waals surface area contributed by atoms with Crippen LogP contribution in [0.15, 0.2) is 24.3 Å². The molecule has 22 heavy (non-hydrogen) atoms. The number of para-hydroxylation sites is 1. The number of aliphatic hydroxyl groups excluding tert-OH is 1. The average molecular weight is 304 g/mol. The van der Waals surface area contributed by atoms with Crippen molar-refractivity contribution in [1.29, 1.82) is 0 Å². The smallest absolute Gasteiger partial charge is 0.255 e. The van der Waals surface area contributed by atoms with E-state index in [0.717, 1.165) is 63.0 Å². The van der Waals surface area contributed by atoms with Gasteiger partial charge in [-0.3, -0.25) is 4.79 Å². The van der Waals surface area contributed by atoms with Crippen LogP contribution in [0, 0.1) is 5.92 Å². The Labute approximate surface area is 133 Å². The third-order valence-electron chi connectivity index (χ3n) is 4.35. The molecule has 2 rings (SSSR count). The number of hydrogen-bond donors (Lipinski definition) is 2. The summed E-state index contributed by atoms with van der Waals surface area (Å²) in [5.41, 5.74) is 1.72. The molecule has 4 heteroatoms. The molecule has 0 bridgehead atoms. The molecule has 4 nitrogen and oxygen atoms in total. The molecule has 1 atom stereocenters. The molecule has 1 amide bonds. The maximum absolute atomic E-state index is 12.8. The Morgan fingerprint density at radius 3 is 2.95 bits per heavy atom. The fourth-order valence-corrected chi connectivity index (χ4v) is 3.03. The molecule has 1 fully saturated rings. The van der Waals surface area contributed by atoms with Crippen LogP contribution < -0.4 is 5.32 Å². The van der Waals surface area contributed by atoms with Crippen molar-refractivity contribution in [2.24, 2.45) is 5.92 Å². The van der Waals surface area contributed by atoms with Gasteiger partial charge in [-0.1, -0.05) is 25.5 Å². The van der Waals surface area contributed by atoms with Crippen molar-refractivity contribution in [3.05, 3.63) is 29.8 Å². The predicted molar refractivity (Wildman–Crippen MR) is 90.2 cm³/mol. The highest BCUT2D eigenvalue weighted by molar-refractivity contribution is 5.99. The minimum atomic E-state index is 0.131. The Morgan fingerprint density at radius 2 is 2.18 bits per heavy atom. The molecule has 2 N–H and O–H groups in total. The van der Waals surface area contributed by atoms with Crippen LogP contribution >= 0.6 is 0 Å². The van der Waals surface area contributed by atoms with E-state index in [2.05, 4.69) is 12.2 Å². The highest BCUT2D eigenvalue weighted by Gasteiger charge is 2.27. The molecular formula is C18H28N2O2. The largest absolute Gasteiger partial charge is 0.396 e. The predicted octanol–water partition coefficient (Wildman–Crippen LogP) is 3.13. The molecule has 1 aliphatic rings. The summed E-state index contributed by atoms with van der Waals surface area (Å²) in [5, 5.41) is 12.3. The van der Waals surface area contributed by atoms with E-state index in [9.17, 15) is 4.79 Å². The molecule has 0 unspecified atom stereocenters. The number of aliphatic hydroxyl groups is 1. The number of anilines is 1. The second kappa shape index (κ2) is 8.79. The number of unbranched alkanes of at least 4 members (excludes halogenated alkanes) is 1. The van der Waals surface area contributed by atoms with E-state index in [1.165, 1.54) is 0 Å². The Kier molecular flexibility index (Phi) is 6.72. The lowest BCUT2D eigenvalue weighted by Gasteiger charge is -2.19. The lowest BCUT2D eigenvalue weighted by atomic mass is 10.0. The van der Waals surface area contributed by atoms with Gasteiger partial charge in [-0.2, -0.15) is 0 Å². The van der Waals surface area contributed by atoms with Gasteiger partial charge >= 0.3 is 0 Å². The van der Waals surface area contributed by atoms with E-state index < -0.39 is 0 Å². The second-order valence-electron chi connectivity index (χ2n) is 6.10. The van der Waals surface area contributed by atoms with Gasteiger partial charge in [0.25, 0.3) is 5.91 Å². The van der Waals surface area contributed by atoms with Gasteiger partial charge < -0.3 is 15.3 Å². The van der Waals surface area contributed by atoms with Gasteiger partial charge in [0.05, 0.1) is 5.56 Å². The topological polar surface area (TPSA) is 52.6 Å². The highest BCUT2D eigenvalue weighted by atomic mass is 16.2. The first-order valence-electron chi connectivity index (χ1n) is 8.49. The monoisotopic (exact) mass is 304 g/mol. The summed E-state index contributed by atoms with van der Waals surface area (Å²) >= 11 is 0. The molecule has 0 spiro atoms. The van der Waals surface area contributed by atoms with Crippen molar-refractivity contribution >= 4 is 11.6 Å². The molecule has 0 radical (unpaired) electrons. The molecule has 1 saturated heterocycles. The first kappa shape index (κ1) is 16.8. The fraction of sp³-hybridized carbons (Fsp3) is 0.611. The number of hydrogen-bond acceptors (Lipinski definition) is 3. The number of carbonyl (C=O) groups excluding carboxylic acids is 1. The van der Waals surface area contributed by atoms with Crippen molar-refractivity contribution in [3.63, 3.8) is 0 Å². The number of carbonyl (C=O) groups is 1. The van der Waals surface area contributed by atoms with Crippen LogP contribution in [-0.2, 0) is 0 Å². The number of nitrogens with zero attached hydrogens (tertiary/aromatic N) is 1. The van der Waals surface area contributed by atoms with E-state index >= 15 is 0 Å². The molecule has 1 aromatic rings. The van der Waals surface area contributed by atoms with Crippen molar-refractivity contribution in [2.75, 3.05) is 31.6 Å². The zero-order valence-electron chi connectivity index (χ0n) is 13.6. The van der Waals surface area contributed by atoms with Crippen LogP contribution in [0.3, 0.4) is 0 Å². The second-order valence-corrected chi connectivity index (χ2v) is 6.10. The molecular weight excluding hydrogens is 276 g/mol. The summed E-state index contributed by atoms with van der Waals surface area (Å²) in [4.78, 5) is 14.7. The van der Waals surface area contributed by atoms with Crippen LogP contribution in [0.2, 0.25) is 0 Å². The Bertz CT molecular complexity index is 476. The minimum Gasteiger partial charge on any atom is -0.396 e. The first-order valence-corrected chi connectivity index (χ1v) is 8.49. The summed E-state index contributed by atoms with van der Waals surface area (Å²) in [6.45, 7) is 4.96. The summed E-state index contributed by atoms with van der Waals surface area (Å²) < 4.78 is 0. The molecule has 1 aliphatic heterocycles. The highest BCUT2D eigenvalue weighted by Crippen LogP contribution is 2.25. The zero-order valence-corrected chi connectivity index (χ0v) is 13.6. The quantitative estimate of drug-likeness (QED) is 0.726. The van der Waals surface area contributed by atoms with Crippen LogP contribution in [0.25, 0.3) is 0 Å². The maximum atomic E-state index is 12.8. The van der Waals surface area contributed by atoms with Crippen LogP contribution in [0.1, 0.15) is 49.4 Å². The van der Waals surface area contributed by atoms with E-state index in [0.29, 0.717) is 5.92 Å². The number of likely N-dealkylation sites (tertiary alicyclic amines) is 1. The van der Waals surface area contributed by atoms with Crippen LogP contribution in [0.5, 0.6) is 0 Å². The molecule has 1 heterocycles. The van der Waals surface area contributed by atoms with Crippen molar-refractivity contribution in [2.45, 2.75) is 39.0 Å². The standard InChI is InChI=1S/C18H28N2O2/c1-2-3-11-19-17-9-5-4-8-16(17)18(22)20-12-10-15(14-20)7-6-13-21/h4-5,8-9,15,19,21H,2-3,6-7,10-14H2,1H3/t15-/m1/s1. The number of nitrogens with one attached hydrogen (secondary N) is 1. The maximum Gasteiger partial charge on any atom is 0.255 e. The third-order valence-corrected chi connectivity index (χ3v) is 4.35. The van der Waals surface area contributed by atoms with Crippen LogP contribution in [-0.4, -0.2) is 42.2 Å². The molecule has 0 aliphatic carbocycles. The summed E-state index contributed by atoms with van der Waals surface area (Å²) in [6.07, 6.45) is 5.15. The summed E-state index contributed by atoms with van der Waals surface area (Å²) in [5.74, 6) is 0.669. The third kappa shape index (κ3) is 4.47. The van der Waals surface area contributed by atoms with Gasteiger partial charge in [0.2, 0.25) is 0 Å². The minimum absolute atomic E-state index is 0.131. The Hall–Kier alpha value is -1.55. The Balaban J connectivity index is 1.97. The fourth-order valence-electron chi connectivity index (χ4n) is 3.03. The van der Waals surface area contributed by atoms with Gasteiger partial charge in [0, 0.05) is 31.9 Å².